The molecule has 4 atom stereocenters. The molecule has 0 bridgehead atoms. The van der Waals surface area contributed by atoms with Crippen molar-refractivity contribution in [3.05, 3.63) is 358 Å². The van der Waals surface area contributed by atoms with Crippen LogP contribution in [0.1, 0.15) is 87.1 Å². The lowest BCUT2D eigenvalue weighted by atomic mass is 9.67. The average Bonchev–Trinajstić information content (AvgIpc) is 1.52. The van der Waals surface area contributed by atoms with E-state index in [1.807, 2.05) is 0 Å². The Labute approximate surface area is 530 Å². The van der Waals surface area contributed by atoms with Crippen molar-refractivity contribution in [1.82, 2.24) is 0 Å². The molecule has 2 saturated heterocycles. The highest BCUT2D eigenvalue weighted by Crippen LogP contribution is 2.65. The third kappa shape index (κ3) is 7.89. The van der Waals surface area contributed by atoms with E-state index in [1.54, 1.807) is 0 Å². The lowest BCUT2D eigenvalue weighted by molar-refractivity contribution is 0.415. The van der Waals surface area contributed by atoms with Gasteiger partial charge in [-0.1, -0.05) is 231 Å². The maximum absolute atomic E-state index is 5.78. The van der Waals surface area contributed by atoms with Gasteiger partial charge in [-0.25, -0.2) is 0 Å². The summed E-state index contributed by atoms with van der Waals surface area (Å²) in [6.45, 7) is 6.40. The van der Waals surface area contributed by atoms with Crippen LogP contribution in [0.3, 0.4) is 0 Å². The number of ether oxygens (including phenoxy) is 2. The number of fused-ring (bicyclic) bond motifs is 19. The zero-order valence-corrected chi connectivity index (χ0v) is 50.3. The molecule has 0 saturated carbocycles. The Bertz CT molecular complexity index is 5260. The summed E-state index contributed by atoms with van der Waals surface area (Å²) in [4.78, 5) is 5.02. The Morgan fingerprint density at radius 3 is 1.62 bits per heavy atom. The van der Waals surface area contributed by atoms with Gasteiger partial charge in [0.25, 0.3) is 0 Å². The molecule has 0 radical (unpaired) electrons. The Morgan fingerprint density at radius 2 is 0.912 bits per heavy atom. The lowest BCUT2D eigenvalue weighted by Crippen LogP contribution is -2.35. The van der Waals surface area contributed by atoms with Crippen LogP contribution in [-0.2, 0) is 20.3 Å². The second-order valence-electron chi connectivity index (χ2n) is 25.6. The molecule has 4 nitrogen and oxygen atoms in total. The molecular weight excluding hydrogens is 1100 g/mol. The molecule has 0 N–H and O–H groups in total. The van der Waals surface area contributed by atoms with Crippen LogP contribution in [0.4, 0.5) is 28.4 Å². The first-order valence-corrected chi connectivity index (χ1v) is 32.2. The van der Waals surface area contributed by atoms with Crippen LogP contribution in [0, 0.1) is 0 Å². The predicted octanol–water partition coefficient (Wildman–Crippen LogP) is 19.8. The minimum Gasteiger partial charge on any atom is -0.368 e. The maximum atomic E-state index is 5.78. The Balaban J connectivity index is 0.811. The molecule has 91 heavy (non-hydrogen) atoms. The number of benzene rings is 12. The second kappa shape index (κ2) is 20.2. The van der Waals surface area contributed by atoms with Gasteiger partial charge in [0.15, 0.2) is 0 Å². The second-order valence-corrected chi connectivity index (χ2v) is 25.6. The molecule has 19 rings (SSSR count). The quantitative estimate of drug-likeness (QED) is 0.135. The lowest BCUT2D eigenvalue weighted by Gasteiger charge is -2.35. The van der Waals surface area contributed by atoms with Gasteiger partial charge in [-0.15, -0.1) is 0 Å². The topological polar surface area (TPSA) is 31.5 Å². The predicted molar refractivity (Wildman–Crippen MR) is 373 cm³/mol. The van der Waals surface area contributed by atoms with Gasteiger partial charge in [0.1, 0.15) is 12.2 Å². The Kier molecular flexibility index (Phi) is 11.6. The van der Waals surface area contributed by atoms with Gasteiger partial charge in [0.2, 0.25) is 0 Å². The highest BCUT2D eigenvalue weighted by molar-refractivity contribution is 6.01. The summed E-state index contributed by atoms with van der Waals surface area (Å²) in [6, 6.07) is 99.3. The molecule has 5 aliphatic carbocycles. The van der Waals surface area contributed by atoms with Crippen LogP contribution in [0.25, 0.3) is 72.6 Å². The molecule has 0 amide bonds. The van der Waals surface area contributed by atoms with Gasteiger partial charge in [-0.05, 0) is 202 Å². The maximum Gasteiger partial charge on any atom is 0.106 e. The van der Waals surface area contributed by atoms with Crippen LogP contribution >= 0.6 is 0 Å². The summed E-state index contributed by atoms with van der Waals surface area (Å²) in [5.41, 5.74) is 29.4. The number of nitrogens with zero attached hydrogens (tertiary/aromatic N) is 2. The number of rotatable bonds is 9. The minimum atomic E-state index is -0.611. The van der Waals surface area contributed by atoms with Crippen molar-refractivity contribution in [1.29, 1.82) is 0 Å². The summed E-state index contributed by atoms with van der Waals surface area (Å²) in [5.74, 6) is 0. The van der Waals surface area contributed by atoms with Crippen molar-refractivity contribution in [3.63, 3.8) is 0 Å². The normalized spacial score (nSPS) is 20.4. The average molecular weight is 1170 g/mol. The fourth-order valence-electron chi connectivity index (χ4n) is 16.6. The molecule has 7 aliphatic rings. The first kappa shape index (κ1) is 52.3. The zero-order chi connectivity index (χ0) is 59.9. The summed E-state index contributed by atoms with van der Waals surface area (Å²) < 4.78 is 11.6. The van der Waals surface area contributed by atoms with Gasteiger partial charge in [-0.2, -0.15) is 0 Å². The molecule has 12 aromatic rings. The number of epoxide rings is 2. The molecular formula is C87H62N2O2. The van der Waals surface area contributed by atoms with Gasteiger partial charge in [0, 0.05) is 39.1 Å². The summed E-state index contributed by atoms with van der Waals surface area (Å²) in [7, 11) is 0. The Morgan fingerprint density at radius 1 is 0.407 bits per heavy atom. The number of anilines is 5. The van der Waals surface area contributed by atoms with Crippen molar-refractivity contribution >= 4 is 56.6 Å². The van der Waals surface area contributed by atoms with E-state index in [4.69, 9.17) is 16.1 Å². The molecule has 2 aliphatic heterocycles. The SMILES string of the molecule is C=C1/C=C\C=C/CC2(c3cc(-c4ccc5c(c4)C4(c6ccccc6-5)c5ccccc5-c5ccc(N(C6=c7ccccc7=CCC6)c6ccc(C7CO7)cc6)cc54)ccc31)c1ccccc1-c1ccc(N(c3ccc(C4CO4)cc3)c3cccc4ccccc34)cc12. The largest absolute Gasteiger partial charge is 0.368 e. The summed E-state index contributed by atoms with van der Waals surface area (Å²) >= 11 is 0. The van der Waals surface area contributed by atoms with Gasteiger partial charge in [-0.3, -0.25) is 0 Å². The van der Waals surface area contributed by atoms with Gasteiger partial charge in [0.05, 0.1) is 29.7 Å². The third-order valence-corrected chi connectivity index (χ3v) is 20.9. The third-order valence-electron chi connectivity index (χ3n) is 20.9. The summed E-state index contributed by atoms with van der Waals surface area (Å²) in [5, 5.41) is 4.97. The van der Waals surface area contributed by atoms with E-state index in [0.717, 1.165) is 72.0 Å². The van der Waals surface area contributed by atoms with Crippen LogP contribution in [0.15, 0.2) is 292 Å². The molecule has 2 fully saturated rings. The van der Waals surface area contributed by atoms with E-state index < -0.39 is 10.8 Å². The van der Waals surface area contributed by atoms with E-state index in [9.17, 15) is 0 Å². The Hall–Kier alpha value is -10.6. The molecule has 4 unspecified atom stereocenters. The monoisotopic (exact) mass is 1170 g/mol. The smallest absolute Gasteiger partial charge is 0.106 e. The fraction of sp³-hybridized carbons (Fsp3) is 0.103. The standard InChI is InChI=1S/C87H62N2O2/c1-55-17-3-2-14-48-86(75-27-11-8-24-69(75)72-46-42-64(51-79(72)86)88(62-38-32-58(33-39-62)84-53-90-84)82-30-15-20-56-18-4-6-22-67(56)82)78-49-60(36-44-66(55)78)61-37-45-73-70-25-9-12-28-76(70)87(80(73)50-61)77-29-13-10-26-71(77)74-47-43-65(52-81(74)87)89(63-40-34-59(35-41-63)85-54-91-85)83-31-16-21-57-19-5-7-23-68(57)83/h2-15,17-30,32-47,49-52,84-85H,1,16,31,48,53-54H2/b14-2-,17-3-. The van der Waals surface area contributed by atoms with Crippen LogP contribution in [0.2, 0.25) is 0 Å². The number of hydrogen-bond donors (Lipinski definition) is 0. The highest BCUT2D eigenvalue weighted by atomic mass is 16.6. The van der Waals surface area contributed by atoms with Crippen LogP contribution < -0.4 is 20.2 Å². The van der Waals surface area contributed by atoms with E-state index in [1.165, 1.54) is 121 Å². The van der Waals surface area contributed by atoms with E-state index in [2.05, 4.69) is 301 Å². The van der Waals surface area contributed by atoms with Gasteiger partial charge < -0.3 is 19.3 Å². The van der Waals surface area contributed by atoms with Gasteiger partial charge >= 0.3 is 0 Å². The van der Waals surface area contributed by atoms with Crippen LogP contribution in [0.5, 0.6) is 0 Å². The zero-order valence-electron chi connectivity index (χ0n) is 50.3. The first-order chi connectivity index (χ1) is 45.0. The van der Waals surface area contributed by atoms with Crippen molar-refractivity contribution in [3.8, 4) is 44.5 Å². The molecule has 12 aromatic carbocycles. The van der Waals surface area contributed by atoms with E-state index >= 15 is 0 Å². The van der Waals surface area contributed by atoms with E-state index in [-0.39, 0.29) is 12.2 Å². The highest BCUT2D eigenvalue weighted by Gasteiger charge is 2.52. The van der Waals surface area contributed by atoms with Crippen molar-refractivity contribution in [2.45, 2.75) is 42.3 Å². The molecule has 4 heteroatoms. The van der Waals surface area contributed by atoms with Crippen molar-refractivity contribution in [2.24, 2.45) is 0 Å². The van der Waals surface area contributed by atoms with Crippen molar-refractivity contribution < 1.29 is 9.47 Å². The number of hydrogen-bond acceptors (Lipinski definition) is 4. The van der Waals surface area contributed by atoms with E-state index in [0.29, 0.717) is 0 Å². The molecule has 432 valence electrons. The molecule has 0 aromatic heterocycles. The van der Waals surface area contributed by atoms with Crippen molar-refractivity contribution in [2.75, 3.05) is 23.0 Å². The number of allylic oxidation sites excluding steroid dienone is 5. The molecule has 2 heterocycles. The van der Waals surface area contributed by atoms with Crippen LogP contribution in [-0.4, -0.2) is 13.2 Å². The molecule has 2 spiro atoms. The first-order valence-electron chi connectivity index (χ1n) is 32.2. The fourth-order valence-corrected chi connectivity index (χ4v) is 16.6. The summed E-state index contributed by atoms with van der Waals surface area (Å²) in [6.07, 6.45) is 14.4. The minimum absolute atomic E-state index is 0.167.